The summed E-state index contributed by atoms with van der Waals surface area (Å²) in [4.78, 5) is 3.73. The minimum absolute atomic E-state index is 0.145. The predicted molar refractivity (Wildman–Crippen MR) is 67.6 cm³/mol. The van der Waals surface area contributed by atoms with Gasteiger partial charge < -0.3 is 4.42 Å². The van der Waals surface area contributed by atoms with Crippen LogP contribution >= 0.6 is 0 Å². The van der Waals surface area contributed by atoms with E-state index in [0.717, 1.165) is 0 Å². The maximum atomic E-state index is 12.6. The first-order chi connectivity index (χ1) is 9.72. The number of halogens is 5. The molecule has 122 valence electrons. The van der Waals surface area contributed by atoms with Crippen LogP contribution in [0.15, 0.2) is 17.0 Å². The molecule has 0 aliphatic carbocycles. The molecule has 1 unspecified atom stereocenters. The summed E-state index contributed by atoms with van der Waals surface area (Å²) in [6.07, 6.45) is -2.50. The van der Waals surface area contributed by atoms with Crippen molar-refractivity contribution in [3.63, 3.8) is 0 Å². The number of unbranched alkanes of at least 4 members (excludes halogenated alkanes) is 1. The summed E-state index contributed by atoms with van der Waals surface area (Å²) < 4.78 is 77.4. The Morgan fingerprint density at radius 2 is 1.76 bits per heavy atom. The molecule has 0 radical (unpaired) electrons. The molecule has 1 heterocycles. The molecule has 0 N–H and O–H groups in total. The van der Waals surface area contributed by atoms with Gasteiger partial charge in [0.25, 0.3) is 0 Å². The van der Waals surface area contributed by atoms with E-state index in [0.29, 0.717) is 25.0 Å². The van der Waals surface area contributed by atoms with Crippen molar-refractivity contribution in [2.75, 3.05) is 11.5 Å². The third-order valence-corrected chi connectivity index (χ3v) is 4.29. The topological polar surface area (TPSA) is 43.1 Å². The molecule has 0 amide bonds. The van der Waals surface area contributed by atoms with Crippen molar-refractivity contribution in [3.05, 3.63) is 18.4 Å². The smallest absolute Gasteiger partial charge is 0.449 e. The van der Waals surface area contributed by atoms with Gasteiger partial charge in [0.2, 0.25) is 0 Å². The van der Waals surface area contributed by atoms with Gasteiger partial charge in [-0.1, -0.05) is 0 Å². The average molecular weight is 333 g/mol. The molecule has 1 atom stereocenters. The van der Waals surface area contributed by atoms with Crippen LogP contribution in [0.1, 0.15) is 31.4 Å². The van der Waals surface area contributed by atoms with Gasteiger partial charge in [0.15, 0.2) is 6.39 Å². The van der Waals surface area contributed by atoms with Crippen LogP contribution in [0, 0.1) is 0 Å². The van der Waals surface area contributed by atoms with E-state index in [2.05, 4.69) is 4.98 Å². The molecule has 0 saturated carbocycles. The van der Waals surface area contributed by atoms with E-state index in [1.807, 2.05) is 0 Å². The van der Waals surface area contributed by atoms with Crippen LogP contribution < -0.4 is 0 Å². The monoisotopic (exact) mass is 333 g/mol. The highest BCUT2D eigenvalue weighted by Gasteiger charge is 2.56. The van der Waals surface area contributed by atoms with Crippen molar-refractivity contribution < 1.29 is 30.6 Å². The van der Waals surface area contributed by atoms with Crippen molar-refractivity contribution in [3.8, 4) is 0 Å². The molecule has 3 nitrogen and oxygen atoms in total. The van der Waals surface area contributed by atoms with E-state index in [-0.39, 0.29) is 11.5 Å². The van der Waals surface area contributed by atoms with Crippen LogP contribution in [0.5, 0.6) is 0 Å². The molecule has 0 fully saturated rings. The molecule has 0 spiro atoms. The Hall–Kier alpha value is -0.990. The first-order valence-electron chi connectivity index (χ1n) is 6.39. The summed E-state index contributed by atoms with van der Waals surface area (Å²) in [5.41, 5.74) is 0. The van der Waals surface area contributed by atoms with Crippen molar-refractivity contribution in [2.45, 2.75) is 44.2 Å². The van der Waals surface area contributed by atoms with E-state index < -0.39 is 35.7 Å². The third-order valence-electron chi connectivity index (χ3n) is 2.81. The Morgan fingerprint density at radius 3 is 2.33 bits per heavy atom. The molecule has 0 aliphatic heterocycles. The SMILES string of the molecule is O=S(CCCCc1cnco1)CCCC(F)(F)C(F)(F)F. The van der Waals surface area contributed by atoms with Gasteiger partial charge in [0, 0.05) is 35.1 Å². The fraction of sp³-hybridized carbons (Fsp3) is 0.750. The van der Waals surface area contributed by atoms with E-state index in [1.54, 1.807) is 6.20 Å². The Bertz CT molecular complexity index is 433. The number of oxazole rings is 1. The van der Waals surface area contributed by atoms with Gasteiger partial charge in [-0.15, -0.1) is 0 Å². The van der Waals surface area contributed by atoms with Crippen LogP contribution in [0.25, 0.3) is 0 Å². The van der Waals surface area contributed by atoms with Gasteiger partial charge in [-0.2, -0.15) is 22.0 Å². The lowest BCUT2D eigenvalue weighted by Crippen LogP contribution is -2.36. The van der Waals surface area contributed by atoms with Crippen molar-refractivity contribution >= 4 is 10.8 Å². The second-order valence-electron chi connectivity index (χ2n) is 4.58. The van der Waals surface area contributed by atoms with Gasteiger partial charge in [-0.25, -0.2) is 4.98 Å². The number of hydrogen-bond donors (Lipinski definition) is 0. The number of rotatable bonds is 9. The van der Waals surface area contributed by atoms with Crippen LogP contribution in [0.3, 0.4) is 0 Å². The van der Waals surface area contributed by atoms with Gasteiger partial charge in [-0.3, -0.25) is 4.21 Å². The summed E-state index contributed by atoms with van der Waals surface area (Å²) in [5.74, 6) is -3.87. The lowest BCUT2D eigenvalue weighted by Gasteiger charge is -2.19. The Labute approximate surface area is 121 Å². The maximum absolute atomic E-state index is 12.6. The van der Waals surface area contributed by atoms with Crippen LogP contribution in [0.4, 0.5) is 22.0 Å². The molecule has 0 aromatic carbocycles. The van der Waals surface area contributed by atoms with Crippen LogP contribution in [-0.2, 0) is 17.2 Å². The van der Waals surface area contributed by atoms with Gasteiger partial charge >= 0.3 is 12.1 Å². The van der Waals surface area contributed by atoms with Crippen molar-refractivity contribution in [1.82, 2.24) is 4.98 Å². The Kier molecular flexibility index (Phi) is 6.76. The quantitative estimate of drug-likeness (QED) is 0.511. The largest absolute Gasteiger partial charge is 0.453 e. The molecule has 0 saturated heterocycles. The minimum atomic E-state index is -5.54. The zero-order chi connectivity index (χ0) is 15.9. The lowest BCUT2D eigenvalue weighted by atomic mass is 10.2. The van der Waals surface area contributed by atoms with E-state index in [9.17, 15) is 26.2 Å². The first-order valence-corrected chi connectivity index (χ1v) is 7.88. The number of alkyl halides is 5. The summed E-state index contributed by atoms with van der Waals surface area (Å²) in [5, 5.41) is 0. The first kappa shape index (κ1) is 18.1. The van der Waals surface area contributed by atoms with E-state index in [1.165, 1.54) is 6.39 Å². The molecule has 0 aliphatic rings. The zero-order valence-corrected chi connectivity index (χ0v) is 12.0. The van der Waals surface area contributed by atoms with E-state index in [4.69, 9.17) is 4.42 Å². The maximum Gasteiger partial charge on any atom is 0.453 e. The number of aromatic nitrogens is 1. The third kappa shape index (κ3) is 6.54. The molecule has 1 aromatic heterocycles. The molecule has 0 bridgehead atoms. The lowest BCUT2D eigenvalue weighted by molar-refractivity contribution is -0.284. The number of hydrogen-bond acceptors (Lipinski definition) is 3. The van der Waals surface area contributed by atoms with Crippen molar-refractivity contribution in [1.29, 1.82) is 0 Å². The second kappa shape index (κ2) is 7.86. The van der Waals surface area contributed by atoms with Gasteiger partial charge in [-0.05, 0) is 19.3 Å². The normalized spacial score (nSPS) is 14.3. The predicted octanol–water partition coefficient (Wildman–Crippen LogP) is 3.72. The van der Waals surface area contributed by atoms with Crippen molar-refractivity contribution in [2.24, 2.45) is 0 Å². The van der Waals surface area contributed by atoms with E-state index >= 15 is 0 Å². The molecule has 21 heavy (non-hydrogen) atoms. The highest BCUT2D eigenvalue weighted by Crippen LogP contribution is 2.38. The summed E-state index contributed by atoms with van der Waals surface area (Å²) in [6, 6.07) is 0. The minimum Gasteiger partial charge on any atom is -0.449 e. The zero-order valence-electron chi connectivity index (χ0n) is 11.2. The van der Waals surface area contributed by atoms with Gasteiger partial charge in [0.05, 0.1) is 6.20 Å². The fourth-order valence-electron chi connectivity index (χ4n) is 1.63. The molecular weight excluding hydrogens is 317 g/mol. The molecule has 1 rings (SSSR count). The average Bonchev–Trinajstić information content (AvgIpc) is 2.86. The summed E-state index contributed by atoms with van der Waals surface area (Å²) in [6.45, 7) is 0. The second-order valence-corrected chi connectivity index (χ2v) is 6.27. The number of aryl methyl sites for hydroxylation is 1. The van der Waals surface area contributed by atoms with Gasteiger partial charge in [0.1, 0.15) is 5.76 Å². The van der Waals surface area contributed by atoms with Crippen LogP contribution in [0.2, 0.25) is 0 Å². The molecule has 9 heteroatoms. The number of nitrogens with zero attached hydrogens (tertiary/aromatic N) is 1. The molecular formula is C12H16F5NO2S. The highest BCUT2D eigenvalue weighted by molar-refractivity contribution is 7.84. The Balaban J connectivity index is 2.11. The van der Waals surface area contributed by atoms with Crippen LogP contribution in [-0.4, -0.2) is 32.8 Å². The standard InChI is InChI=1S/C12H16F5NO2S/c13-11(14,12(15,16)17)5-3-7-21(19)6-2-1-4-10-8-18-9-20-10/h8-9H,1-7H2. The summed E-state index contributed by atoms with van der Waals surface area (Å²) in [7, 11) is -1.38. The highest BCUT2D eigenvalue weighted by atomic mass is 32.2. The summed E-state index contributed by atoms with van der Waals surface area (Å²) >= 11 is 0. The Morgan fingerprint density at radius 1 is 1.10 bits per heavy atom. The fourth-order valence-corrected chi connectivity index (χ4v) is 2.82. The molecule has 1 aromatic rings.